The highest BCUT2D eigenvalue weighted by molar-refractivity contribution is 7.99. The van der Waals surface area contributed by atoms with Gasteiger partial charge in [-0.2, -0.15) is 27.2 Å². The van der Waals surface area contributed by atoms with Crippen LogP contribution in [0.5, 0.6) is 0 Å². The molecule has 0 spiro atoms. The molecule has 1 amide bonds. The summed E-state index contributed by atoms with van der Waals surface area (Å²) in [5.41, 5.74) is 0.357. The molecule has 6 heteroatoms. The lowest BCUT2D eigenvalue weighted by Crippen LogP contribution is -2.32. The predicted molar refractivity (Wildman–Crippen MR) is 58.8 cm³/mol. The fourth-order valence-electron chi connectivity index (χ4n) is 1.58. The maximum absolute atomic E-state index is 11.5. The van der Waals surface area contributed by atoms with Crippen molar-refractivity contribution in [2.75, 3.05) is 12.3 Å². The Kier molecular flexibility index (Phi) is 3.60. The minimum atomic E-state index is -0.144. The summed E-state index contributed by atoms with van der Waals surface area (Å²) in [6.45, 7) is 0.733. The van der Waals surface area contributed by atoms with Gasteiger partial charge in [0.05, 0.1) is 6.20 Å². The number of aromatic nitrogens is 3. The number of aromatic amines is 1. The van der Waals surface area contributed by atoms with E-state index in [1.54, 1.807) is 0 Å². The number of H-pyrrole nitrogens is 1. The van der Waals surface area contributed by atoms with Crippen molar-refractivity contribution in [1.29, 1.82) is 0 Å². The lowest BCUT2D eigenvalue weighted by molar-refractivity contribution is 0.0948. The molecule has 0 aliphatic carbocycles. The Balaban J connectivity index is 1.75. The summed E-state index contributed by atoms with van der Waals surface area (Å²) in [6, 6.07) is 0. The molecule has 2 heterocycles. The molecular formula is C9H14N4OS. The van der Waals surface area contributed by atoms with Crippen molar-refractivity contribution in [1.82, 2.24) is 20.7 Å². The van der Waals surface area contributed by atoms with Crippen LogP contribution in [0.4, 0.5) is 0 Å². The van der Waals surface area contributed by atoms with Gasteiger partial charge < -0.3 is 5.32 Å². The Hall–Kier alpha value is -1.04. The van der Waals surface area contributed by atoms with E-state index in [0.29, 0.717) is 10.9 Å². The van der Waals surface area contributed by atoms with E-state index >= 15 is 0 Å². The maximum Gasteiger partial charge on any atom is 0.273 e. The standard InChI is InChI=1S/C9H14N4OS/c14-9(8-6-11-13-12-8)10-5-7-3-1-2-4-15-7/h6-7H,1-5H2,(H,10,14)(H,11,12,13). The SMILES string of the molecule is O=C(NCC1CCCCS1)c1cn[nH]n1. The first kappa shape index (κ1) is 10.5. The summed E-state index contributed by atoms with van der Waals surface area (Å²) in [7, 11) is 0. The van der Waals surface area contributed by atoms with Gasteiger partial charge in [-0.05, 0) is 18.6 Å². The first-order valence-corrected chi connectivity index (χ1v) is 6.17. The molecule has 82 valence electrons. The normalized spacial score (nSPS) is 21.2. The van der Waals surface area contributed by atoms with Crippen LogP contribution in [0.2, 0.25) is 0 Å². The van der Waals surface area contributed by atoms with Gasteiger partial charge in [-0.1, -0.05) is 6.42 Å². The summed E-state index contributed by atoms with van der Waals surface area (Å²) in [4.78, 5) is 11.5. The largest absolute Gasteiger partial charge is 0.349 e. The van der Waals surface area contributed by atoms with E-state index in [1.165, 1.54) is 31.2 Å². The van der Waals surface area contributed by atoms with E-state index in [4.69, 9.17) is 0 Å². The van der Waals surface area contributed by atoms with E-state index in [0.717, 1.165) is 6.54 Å². The van der Waals surface area contributed by atoms with Crippen LogP contribution in [0.3, 0.4) is 0 Å². The first-order valence-electron chi connectivity index (χ1n) is 5.12. The average Bonchev–Trinajstić information content (AvgIpc) is 2.81. The van der Waals surface area contributed by atoms with Gasteiger partial charge in [-0.25, -0.2) is 0 Å². The highest BCUT2D eigenvalue weighted by Gasteiger charge is 2.15. The van der Waals surface area contributed by atoms with Gasteiger partial charge in [0.25, 0.3) is 5.91 Å². The van der Waals surface area contributed by atoms with E-state index < -0.39 is 0 Å². The Morgan fingerprint density at radius 3 is 3.27 bits per heavy atom. The second-order valence-electron chi connectivity index (χ2n) is 3.55. The molecule has 1 unspecified atom stereocenters. The molecular weight excluding hydrogens is 212 g/mol. The van der Waals surface area contributed by atoms with Crippen molar-refractivity contribution >= 4 is 17.7 Å². The summed E-state index contributed by atoms with van der Waals surface area (Å²) in [5, 5.41) is 13.2. The summed E-state index contributed by atoms with van der Waals surface area (Å²) < 4.78 is 0. The third-order valence-electron chi connectivity index (χ3n) is 2.41. The van der Waals surface area contributed by atoms with Gasteiger partial charge in [0.15, 0.2) is 5.69 Å². The Labute approximate surface area is 92.4 Å². The zero-order valence-electron chi connectivity index (χ0n) is 8.40. The summed E-state index contributed by atoms with van der Waals surface area (Å²) in [6.07, 6.45) is 5.21. The summed E-state index contributed by atoms with van der Waals surface area (Å²) in [5.74, 6) is 1.07. The monoisotopic (exact) mass is 226 g/mol. The topological polar surface area (TPSA) is 70.7 Å². The number of nitrogens with zero attached hydrogens (tertiary/aromatic N) is 2. The van der Waals surface area contributed by atoms with Crippen molar-refractivity contribution in [3.8, 4) is 0 Å². The molecule has 1 aliphatic rings. The van der Waals surface area contributed by atoms with Gasteiger partial charge in [-0.15, -0.1) is 0 Å². The van der Waals surface area contributed by atoms with Gasteiger partial charge in [0, 0.05) is 11.8 Å². The molecule has 1 saturated heterocycles. The van der Waals surface area contributed by atoms with Crippen LogP contribution >= 0.6 is 11.8 Å². The molecule has 5 nitrogen and oxygen atoms in total. The van der Waals surface area contributed by atoms with Gasteiger partial charge in [0.1, 0.15) is 0 Å². The van der Waals surface area contributed by atoms with Crippen molar-refractivity contribution in [3.05, 3.63) is 11.9 Å². The number of hydrogen-bond donors (Lipinski definition) is 2. The summed E-state index contributed by atoms with van der Waals surface area (Å²) >= 11 is 1.94. The smallest absolute Gasteiger partial charge is 0.273 e. The molecule has 15 heavy (non-hydrogen) atoms. The lowest BCUT2D eigenvalue weighted by Gasteiger charge is -2.20. The highest BCUT2D eigenvalue weighted by Crippen LogP contribution is 2.24. The number of thioether (sulfide) groups is 1. The third-order valence-corrected chi connectivity index (χ3v) is 3.81. The average molecular weight is 226 g/mol. The van der Waals surface area contributed by atoms with Crippen LogP contribution in [0.25, 0.3) is 0 Å². The molecule has 1 aromatic rings. The first-order chi connectivity index (χ1) is 7.36. The molecule has 0 saturated carbocycles. The third kappa shape index (κ3) is 2.95. The molecule has 0 bridgehead atoms. The fourth-order valence-corrected chi connectivity index (χ4v) is 2.82. The lowest BCUT2D eigenvalue weighted by atomic mass is 10.2. The number of amides is 1. The number of carbonyl (C=O) groups is 1. The number of nitrogens with one attached hydrogen (secondary N) is 2. The fraction of sp³-hybridized carbons (Fsp3) is 0.667. The van der Waals surface area contributed by atoms with Crippen LogP contribution in [0.1, 0.15) is 29.8 Å². The van der Waals surface area contributed by atoms with Gasteiger partial charge in [-0.3, -0.25) is 4.79 Å². The van der Waals surface area contributed by atoms with E-state index in [-0.39, 0.29) is 5.91 Å². The van der Waals surface area contributed by atoms with Crippen molar-refractivity contribution in [2.45, 2.75) is 24.5 Å². The van der Waals surface area contributed by atoms with Gasteiger partial charge in [0.2, 0.25) is 0 Å². The minimum Gasteiger partial charge on any atom is -0.349 e. The predicted octanol–water partition coefficient (Wildman–Crippen LogP) is 0.820. The van der Waals surface area contributed by atoms with Crippen LogP contribution in [-0.2, 0) is 0 Å². The van der Waals surface area contributed by atoms with Crippen LogP contribution in [0.15, 0.2) is 6.20 Å². The van der Waals surface area contributed by atoms with Crippen molar-refractivity contribution in [3.63, 3.8) is 0 Å². The molecule has 1 fully saturated rings. The quantitative estimate of drug-likeness (QED) is 0.800. The zero-order chi connectivity index (χ0) is 10.5. The molecule has 1 atom stereocenters. The molecule has 0 aromatic carbocycles. The molecule has 0 radical (unpaired) electrons. The minimum absolute atomic E-state index is 0.144. The zero-order valence-corrected chi connectivity index (χ0v) is 9.22. The van der Waals surface area contributed by atoms with Crippen LogP contribution in [0, 0.1) is 0 Å². The second-order valence-corrected chi connectivity index (χ2v) is 4.96. The van der Waals surface area contributed by atoms with E-state index in [1.807, 2.05) is 11.8 Å². The van der Waals surface area contributed by atoms with Crippen molar-refractivity contribution < 1.29 is 4.79 Å². The van der Waals surface area contributed by atoms with E-state index in [9.17, 15) is 4.79 Å². The number of hydrogen-bond acceptors (Lipinski definition) is 4. The molecule has 1 aliphatic heterocycles. The number of rotatable bonds is 3. The maximum atomic E-state index is 11.5. The van der Waals surface area contributed by atoms with E-state index in [2.05, 4.69) is 20.7 Å². The Morgan fingerprint density at radius 2 is 2.60 bits per heavy atom. The highest BCUT2D eigenvalue weighted by atomic mass is 32.2. The molecule has 2 N–H and O–H groups in total. The Bertz CT molecular complexity index is 308. The number of carbonyl (C=O) groups excluding carboxylic acids is 1. The van der Waals surface area contributed by atoms with Crippen LogP contribution in [-0.4, -0.2) is 38.9 Å². The second kappa shape index (κ2) is 5.16. The van der Waals surface area contributed by atoms with Crippen LogP contribution < -0.4 is 5.32 Å². The van der Waals surface area contributed by atoms with Crippen molar-refractivity contribution in [2.24, 2.45) is 0 Å². The molecule has 1 aromatic heterocycles. The Morgan fingerprint density at radius 1 is 1.67 bits per heavy atom. The van der Waals surface area contributed by atoms with Gasteiger partial charge >= 0.3 is 0 Å². The molecule has 2 rings (SSSR count).